The first-order valence-corrected chi connectivity index (χ1v) is 15.3. The number of benzene rings is 1. The van der Waals surface area contributed by atoms with Gasteiger partial charge in [-0.3, -0.25) is 0 Å². The van der Waals surface area contributed by atoms with Crippen LogP contribution in [0, 0.1) is 0 Å². The van der Waals surface area contributed by atoms with E-state index < -0.39 is 5.97 Å². The van der Waals surface area contributed by atoms with Crippen LogP contribution in [0.5, 0.6) is 0 Å². The predicted molar refractivity (Wildman–Crippen MR) is 167 cm³/mol. The molecule has 0 radical (unpaired) electrons. The van der Waals surface area contributed by atoms with Crippen LogP contribution < -0.4 is 10.2 Å². The van der Waals surface area contributed by atoms with Crippen molar-refractivity contribution in [3.8, 4) is 16.8 Å². The van der Waals surface area contributed by atoms with E-state index >= 15 is 0 Å². The molecule has 3 aromatic heterocycles. The molecule has 2 atom stereocenters. The number of aromatic nitrogens is 4. The lowest BCUT2D eigenvalue weighted by Crippen LogP contribution is -2.36. The molecule has 10 nitrogen and oxygen atoms in total. The first-order valence-electron chi connectivity index (χ1n) is 15.3. The molecule has 0 saturated carbocycles. The van der Waals surface area contributed by atoms with E-state index in [9.17, 15) is 4.79 Å². The van der Waals surface area contributed by atoms with Crippen molar-refractivity contribution in [3.05, 3.63) is 60.0 Å². The summed E-state index contributed by atoms with van der Waals surface area (Å²) in [5.74, 6) is 0.467. The van der Waals surface area contributed by atoms with E-state index in [0.717, 1.165) is 71.9 Å². The summed E-state index contributed by atoms with van der Waals surface area (Å²) in [4.78, 5) is 25.0. The minimum Gasteiger partial charge on any atom is -0.461 e. The van der Waals surface area contributed by atoms with E-state index in [4.69, 9.17) is 29.3 Å². The summed E-state index contributed by atoms with van der Waals surface area (Å²) in [7, 11) is 0. The van der Waals surface area contributed by atoms with Gasteiger partial charge in [0, 0.05) is 43.2 Å². The molecule has 6 rings (SSSR count). The van der Waals surface area contributed by atoms with Crippen LogP contribution in [0.3, 0.4) is 0 Å². The number of fused-ring (bicyclic) bond motifs is 1. The van der Waals surface area contributed by atoms with Gasteiger partial charge in [-0.1, -0.05) is 19.9 Å². The molecule has 4 aromatic rings. The lowest BCUT2D eigenvalue weighted by atomic mass is 9.98. The number of nitrogens with one attached hydrogen (secondary N) is 1. The third-order valence-corrected chi connectivity index (χ3v) is 8.06. The van der Waals surface area contributed by atoms with Gasteiger partial charge in [-0.05, 0) is 74.6 Å². The van der Waals surface area contributed by atoms with E-state index in [-0.39, 0.29) is 24.3 Å². The highest BCUT2D eigenvalue weighted by molar-refractivity contribution is 6.00. The summed E-state index contributed by atoms with van der Waals surface area (Å²) in [5.41, 5.74) is 5.47. The number of ether oxygens (including phenoxy) is 3. The fraction of sp³-hybridized carbons (Fsp3) is 0.455. The Labute approximate surface area is 252 Å². The summed E-state index contributed by atoms with van der Waals surface area (Å²) in [6.07, 6.45) is 3.99. The second kappa shape index (κ2) is 12.7. The summed E-state index contributed by atoms with van der Waals surface area (Å²) < 4.78 is 18.5. The van der Waals surface area contributed by atoms with Crippen molar-refractivity contribution in [1.82, 2.24) is 19.7 Å². The third kappa shape index (κ3) is 6.21. The average Bonchev–Trinajstić information content (AvgIpc) is 3.42. The van der Waals surface area contributed by atoms with Crippen molar-refractivity contribution in [2.75, 3.05) is 49.7 Å². The molecule has 0 aliphatic carbocycles. The fourth-order valence-electron chi connectivity index (χ4n) is 5.88. The lowest BCUT2D eigenvalue weighted by molar-refractivity contribution is 0.0231. The summed E-state index contributed by atoms with van der Waals surface area (Å²) in [6, 6.07) is 14.5. The van der Waals surface area contributed by atoms with E-state index in [0.29, 0.717) is 24.9 Å². The van der Waals surface area contributed by atoms with Crippen molar-refractivity contribution in [3.63, 3.8) is 0 Å². The number of carbonyl (C=O) groups excluding carboxylic acids is 1. The highest BCUT2D eigenvalue weighted by Gasteiger charge is 2.25. The van der Waals surface area contributed by atoms with Crippen LogP contribution in [-0.4, -0.2) is 77.4 Å². The molecule has 1 N–H and O–H groups in total. The summed E-state index contributed by atoms with van der Waals surface area (Å²) in [5, 5.41) is 9.55. The Kier molecular flexibility index (Phi) is 8.58. The van der Waals surface area contributed by atoms with Gasteiger partial charge >= 0.3 is 5.97 Å². The van der Waals surface area contributed by atoms with E-state index in [1.165, 1.54) is 0 Å². The molecule has 5 heterocycles. The normalized spacial score (nSPS) is 19.1. The van der Waals surface area contributed by atoms with Crippen molar-refractivity contribution >= 4 is 28.5 Å². The molecule has 10 heteroatoms. The van der Waals surface area contributed by atoms with Gasteiger partial charge in [0.25, 0.3) is 0 Å². The van der Waals surface area contributed by atoms with Crippen LogP contribution in [0.1, 0.15) is 62.6 Å². The number of carbonyl (C=O) groups is 1. The SMILES string of the molecule is CCOC(=O)c1cc(-c2ccc(NC3CCOC(C)C3)nc2)c2c(C(C)C)nn(-c3cccc(N4CCOCC4)c3)c2n1. The lowest BCUT2D eigenvalue weighted by Gasteiger charge is -2.29. The molecule has 2 unspecified atom stereocenters. The standard InChI is InChI=1S/C33H40N6O4/c1-5-42-33(40)28-19-27(23-9-10-29(34-20-23)35-24-11-14-43-22(4)17-24)30-31(21(2)3)37-39(32(30)36-28)26-8-6-7-25(18-26)38-12-15-41-16-13-38/h6-10,18-22,24H,5,11-17H2,1-4H3,(H,34,35). The zero-order valence-electron chi connectivity index (χ0n) is 25.4. The van der Waals surface area contributed by atoms with Crippen LogP contribution >= 0.6 is 0 Å². The monoisotopic (exact) mass is 584 g/mol. The Morgan fingerprint density at radius 2 is 1.93 bits per heavy atom. The van der Waals surface area contributed by atoms with Crippen LogP contribution in [-0.2, 0) is 14.2 Å². The van der Waals surface area contributed by atoms with Crippen molar-refractivity contribution < 1.29 is 19.0 Å². The Morgan fingerprint density at radius 3 is 2.65 bits per heavy atom. The molecular formula is C33H40N6O4. The number of nitrogens with zero attached hydrogens (tertiary/aromatic N) is 5. The number of rotatable bonds is 8. The molecule has 226 valence electrons. The number of morpholine rings is 1. The van der Waals surface area contributed by atoms with E-state index in [2.05, 4.69) is 43.1 Å². The van der Waals surface area contributed by atoms with Crippen LogP contribution in [0.4, 0.5) is 11.5 Å². The van der Waals surface area contributed by atoms with Crippen molar-refractivity contribution in [2.24, 2.45) is 0 Å². The second-order valence-corrected chi connectivity index (χ2v) is 11.5. The minimum absolute atomic E-state index is 0.115. The van der Waals surface area contributed by atoms with Crippen molar-refractivity contribution in [1.29, 1.82) is 0 Å². The predicted octanol–water partition coefficient (Wildman–Crippen LogP) is 5.60. The largest absolute Gasteiger partial charge is 0.461 e. The third-order valence-electron chi connectivity index (χ3n) is 8.06. The van der Waals surface area contributed by atoms with Gasteiger partial charge in [0.1, 0.15) is 5.82 Å². The second-order valence-electron chi connectivity index (χ2n) is 11.5. The molecule has 2 fully saturated rings. The molecule has 0 bridgehead atoms. The van der Waals surface area contributed by atoms with Gasteiger partial charge in [0.2, 0.25) is 0 Å². The van der Waals surface area contributed by atoms with Gasteiger partial charge in [-0.15, -0.1) is 0 Å². The number of anilines is 2. The van der Waals surface area contributed by atoms with Crippen molar-refractivity contribution in [2.45, 2.75) is 58.6 Å². The number of esters is 1. The molecular weight excluding hydrogens is 544 g/mol. The Bertz CT molecular complexity index is 1580. The minimum atomic E-state index is -0.466. The van der Waals surface area contributed by atoms with E-state index in [1.54, 1.807) is 6.92 Å². The first kappa shape index (κ1) is 29.1. The number of hydrogen-bond donors (Lipinski definition) is 1. The molecule has 1 aromatic carbocycles. The quantitative estimate of drug-likeness (QED) is 0.265. The topological polar surface area (TPSA) is 104 Å². The number of pyridine rings is 2. The summed E-state index contributed by atoms with van der Waals surface area (Å²) >= 11 is 0. The maximum Gasteiger partial charge on any atom is 0.357 e. The highest BCUT2D eigenvalue weighted by Crippen LogP contribution is 2.36. The van der Waals surface area contributed by atoms with E-state index in [1.807, 2.05) is 41.2 Å². The zero-order chi connectivity index (χ0) is 29.9. The van der Waals surface area contributed by atoms with Crippen LogP contribution in [0.15, 0.2) is 48.7 Å². The van der Waals surface area contributed by atoms with Gasteiger partial charge in [0.05, 0.1) is 42.7 Å². The van der Waals surface area contributed by atoms with Gasteiger partial charge < -0.3 is 24.4 Å². The maximum absolute atomic E-state index is 13.1. The van der Waals surface area contributed by atoms with Crippen LogP contribution in [0.25, 0.3) is 27.8 Å². The summed E-state index contributed by atoms with van der Waals surface area (Å²) in [6.45, 7) is 12.2. The molecule has 0 amide bonds. The smallest absolute Gasteiger partial charge is 0.357 e. The molecule has 2 aliphatic heterocycles. The van der Waals surface area contributed by atoms with Gasteiger partial charge in [-0.25, -0.2) is 19.4 Å². The molecule has 43 heavy (non-hydrogen) atoms. The average molecular weight is 585 g/mol. The van der Waals surface area contributed by atoms with Crippen LogP contribution in [0.2, 0.25) is 0 Å². The highest BCUT2D eigenvalue weighted by atomic mass is 16.5. The van der Waals surface area contributed by atoms with Gasteiger partial charge in [-0.2, -0.15) is 5.10 Å². The fourth-order valence-corrected chi connectivity index (χ4v) is 5.88. The van der Waals surface area contributed by atoms with Gasteiger partial charge in [0.15, 0.2) is 11.3 Å². The Hall–Kier alpha value is -4.02. The maximum atomic E-state index is 13.1. The Morgan fingerprint density at radius 1 is 1.12 bits per heavy atom. The Balaban J connectivity index is 1.45. The first-order chi connectivity index (χ1) is 20.9. The zero-order valence-corrected chi connectivity index (χ0v) is 25.4. The molecule has 2 aliphatic rings. The molecule has 2 saturated heterocycles. The number of hydrogen-bond acceptors (Lipinski definition) is 9. The molecule has 0 spiro atoms.